The van der Waals surface area contributed by atoms with E-state index in [0.29, 0.717) is 0 Å². The van der Waals surface area contributed by atoms with Crippen molar-refractivity contribution in [3.05, 3.63) is 34.1 Å². The molecule has 1 heterocycles. The van der Waals surface area contributed by atoms with Gasteiger partial charge in [-0.15, -0.1) is 0 Å². The summed E-state index contributed by atoms with van der Waals surface area (Å²) in [6, 6.07) is 1.18. The summed E-state index contributed by atoms with van der Waals surface area (Å²) < 4.78 is 10.9. The number of allylic oxidation sites excluding steroid dienone is 1. The standard InChI is InChI=1S/C19H19ClN2O8/c1-18(2,28)17(27)22-21-16(26)9-7-10(29-3)12-14(13(9)20)30-19(15(12)25)5-4-8(23)6-11(19)24/h6-7,24,28H,4-5H2,1-3H3,(H,21,26)(H,22,27)/t19-/m0/s1. The number of amides is 2. The maximum Gasteiger partial charge on any atom is 0.271 e. The molecule has 30 heavy (non-hydrogen) atoms. The summed E-state index contributed by atoms with van der Waals surface area (Å²) in [4.78, 5) is 48.9. The van der Waals surface area contributed by atoms with Gasteiger partial charge in [0, 0.05) is 18.9 Å². The Bertz CT molecular complexity index is 1010. The largest absolute Gasteiger partial charge is 0.507 e. The van der Waals surface area contributed by atoms with Gasteiger partial charge in [0.25, 0.3) is 11.8 Å². The highest BCUT2D eigenvalue weighted by atomic mass is 35.5. The monoisotopic (exact) mass is 438 g/mol. The highest BCUT2D eigenvalue weighted by Crippen LogP contribution is 2.50. The first kappa shape index (κ1) is 21.6. The fourth-order valence-electron chi connectivity index (χ4n) is 3.11. The molecule has 1 aliphatic heterocycles. The van der Waals surface area contributed by atoms with E-state index in [-0.39, 0.29) is 46.3 Å². The van der Waals surface area contributed by atoms with E-state index in [1.54, 1.807) is 0 Å². The van der Waals surface area contributed by atoms with E-state index >= 15 is 0 Å². The Labute approximate surface area is 175 Å². The molecule has 0 saturated carbocycles. The van der Waals surface area contributed by atoms with E-state index in [9.17, 15) is 29.4 Å². The minimum Gasteiger partial charge on any atom is -0.507 e. The number of carbonyl (C=O) groups excluding carboxylic acids is 4. The maximum atomic E-state index is 13.1. The van der Waals surface area contributed by atoms with Crippen LogP contribution in [0.1, 0.15) is 47.4 Å². The number of aliphatic hydroxyl groups is 2. The summed E-state index contributed by atoms with van der Waals surface area (Å²) in [6.07, 6.45) is 0.790. The number of hydrogen-bond acceptors (Lipinski definition) is 8. The molecule has 4 N–H and O–H groups in total. The molecule has 0 unspecified atom stereocenters. The van der Waals surface area contributed by atoms with Crippen LogP contribution in [0.4, 0.5) is 0 Å². The van der Waals surface area contributed by atoms with Crippen molar-refractivity contribution in [3.8, 4) is 11.5 Å². The number of ether oxygens (including phenoxy) is 2. The van der Waals surface area contributed by atoms with Gasteiger partial charge in [-0.2, -0.15) is 0 Å². The topological polar surface area (TPSA) is 151 Å². The zero-order valence-electron chi connectivity index (χ0n) is 16.3. The Morgan fingerprint density at radius 1 is 1.30 bits per heavy atom. The second-order valence-corrected chi connectivity index (χ2v) is 7.74. The van der Waals surface area contributed by atoms with E-state index in [0.717, 1.165) is 6.08 Å². The van der Waals surface area contributed by atoms with Crippen LogP contribution in [0.5, 0.6) is 11.5 Å². The van der Waals surface area contributed by atoms with Gasteiger partial charge in [-0.25, -0.2) is 0 Å². The molecule has 0 saturated heterocycles. The van der Waals surface area contributed by atoms with E-state index in [1.807, 2.05) is 5.43 Å². The molecule has 2 amide bonds. The SMILES string of the molecule is COc1cc(C(=O)NNC(=O)C(C)(C)O)c(Cl)c2c1C(=O)[C@@]1(CCC(=O)C=C1O)O2. The summed E-state index contributed by atoms with van der Waals surface area (Å²) in [5, 5.41) is 19.7. The van der Waals surface area contributed by atoms with Crippen LogP contribution < -0.4 is 20.3 Å². The molecule has 1 aromatic rings. The van der Waals surface area contributed by atoms with E-state index in [1.165, 1.54) is 27.0 Å². The van der Waals surface area contributed by atoms with Gasteiger partial charge in [0.2, 0.25) is 11.4 Å². The molecular formula is C19H19ClN2O8. The third-order valence-electron chi connectivity index (χ3n) is 4.80. The fraction of sp³-hybridized carbons (Fsp3) is 0.368. The number of aliphatic hydroxyl groups excluding tert-OH is 1. The number of ketones is 2. The zero-order valence-corrected chi connectivity index (χ0v) is 17.0. The first-order valence-corrected chi connectivity index (χ1v) is 9.21. The maximum absolute atomic E-state index is 13.1. The normalized spacial score (nSPS) is 20.4. The quantitative estimate of drug-likeness (QED) is 0.510. The highest BCUT2D eigenvalue weighted by Gasteiger charge is 2.55. The van der Waals surface area contributed by atoms with E-state index in [4.69, 9.17) is 21.1 Å². The number of nitrogens with one attached hydrogen (secondary N) is 2. The van der Waals surface area contributed by atoms with E-state index < -0.39 is 34.6 Å². The number of benzene rings is 1. The third-order valence-corrected chi connectivity index (χ3v) is 5.17. The second-order valence-electron chi connectivity index (χ2n) is 7.37. The first-order chi connectivity index (χ1) is 13.9. The molecule has 1 spiro atoms. The minimum atomic E-state index is -1.82. The van der Waals surface area contributed by atoms with Crippen LogP contribution in [0, 0.1) is 0 Å². The lowest BCUT2D eigenvalue weighted by Gasteiger charge is -2.28. The molecule has 3 rings (SSSR count). The van der Waals surface area contributed by atoms with Crippen molar-refractivity contribution in [2.45, 2.75) is 37.9 Å². The van der Waals surface area contributed by atoms with Gasteiger partial charge in [0.15, 0.2) is 11.5 Å². The summed E-state index contributed by atoms with van der Waals surface area (Å²) in [5.74, 6) is -3.52. The fourth-order valence-corrected chi connectivity index (χ4v) is 3.38. The van der Waals surface area contributed by atoms with Crippen molar-refractivity contribution in [3.63, 3.8) is 0 Å². The average molecular weight is 439 g/mol. The molecule has 1 aromatic carbocycles. The molecule has 1 aliphatic carbocycles. The number of carbonyl (C=O) groups is 4. The van der Waals surface area contributed by atoms with Crippen molar-refractivity contribution in [2.75, 3.05) is 7.11 Å². The number of Topliss-reactive ketones (excluding diaryl/α,β-unsaturated/α-hetero) is 1. The molecule has 0 bridgehead atoms. The van der Waals surface area contributed by atoms with Crippen LogP contribution >= 0.6 is 11.6 Å². The highest BCUT2D eigenvalue weighted by molar-refractivity contribution is 6.37. The molecule has 0 aromatic heterocycles. The molecule has 1 atom stereocenters. The molecule has 0 fully saturated rings. The summed E-state index contributed by atoms with van der Waals surface area (Å²) >= 11 is 6.30. The molecule has 10 nitrogen and oxygen atoms in total. The van der Waals surface area contributed by atoms with Gasteiger partial charge in [-0.05, 0) is 19.9 Å². The second kappa shape index (κ2) is 7.29. The molecule has 11 heteroatoms. The van der Waals surface area contributed by atoms with Gasteiger partial charge >= 0.3 is 0 Å². The molecule has 160 valence electrons. The number of hydrogen-bond donors (Lipinski definition) is 4. The van der Waals surface area contributed by atoms with Gasteiger partial charge < -0.3 is 19.7 Å². The van der Waals surface area contributed by atoms with Crippen LogP contribution in [-0.4, -0.2) is 51.9 Å². The summed E-state index contributed by atoms with van der Waals surface area (Å²) in [7, 11) is 1.26. The van der Waals surface area contributed by atoms with Crippen LogP contribution in [-0.2, 0) is 9.59 Å². The lowest BCUT2D eigenvalue weighted by atomic mass is 9.83. The zero-order chi connectivity index (χ0) is 22.4. The Balaban J connectivity index is 1.99. The molecular weight excluding hydrogens is 420 g/mol. The van der Waals surface area contributed by atoms with Crippen molar-refractivity contribution in [1.82, 2.24) is 10.9 Å². The number of halogens is 1. The number of fused-ring (bicyclic) bond motifs is 1. The van der Waals surface area contributed by atoms with Crippen molar-refractivity contribution in [1.29, 1.82) is 0 Å². The lowest BCUT2D eigenvalue weighted by Crippen LogP contribution is -2.50. The predicted octanol–water partition coefficient (Wildman–Crippen LogP) is 0.999. The summed E-state index contributed by atoms with van der Waals surface area (Å²) in [6.45, 7) is 2.46. The van der Waals surface area contributed by atoms with Crippen LogP contribution in [0.15, 0.2) is 17.9 Å². The number of methoxy groups -OCH3 is 1. The first-order valence-electron chi connectivity index (χ1n) is 8.84. The lowest BCUT2D eigenvalue weighted by molar-refractivity contribution is -0.137. The van der Waals surface area contributed by atoms with Crippen molar-refractivity contribution in [2.24, 2.45) is 0 Å². The van der Waals surface area contributed by atoms with Gasteiger partial charge in [0.1, 0.15) is 22.7 Å². The summed E-state index contributed by atoms with van der Waals surface area (Å²) in [5.41, 5.74) is 0.322. The van der Waals surface area contributed by atoms with Crippen molar-refractivity contribution < 1.29 is 38.9 Å². The molecule has 2 aliphatic rings. The Morgan fingerprint density at radius 2 is 1.97 bits per heavy atom. The number of rotatable bonds is 3. The van der Waals surface area contributed by atoms with Crippen LogP contribution in [0.2, 0.25) is 5.02 Å². The Morgan fingerprint density at radius 3 is 2.53 bits per heavy atom. The van der Waals surface area contributed by atoms with Gasteiger partial charge in [-0.3, -0.25) is 30.0 Å². The predicted molar refractivity (Wildman–Crippen MR) is 103 cm³/mol. The smallest absolute Gasteiger partial charge is 0.271 e. The Kier molecular flexibility index (Phi) is 5.25. The Hall–Kier alpha value is -3.11. The van der Waals surface area contributed by atoms with Gasteiger partial charge in [-0.1, -0.05) is 11.6 Å². The molecule has 0 radical (unpaired) electrons. The van der Waals surface area contributed by atoms with Gasteiger partial charge in [0.05, 0.1) is 17.7 Å². The van der Waals surface area contributed by atoms with Crippen LogP contribution in [0.3, 0.4) is 0 Å². The van der Waals surface area contributed by atoms with E-state index in [2.05, 4.69) is 5.43 Å². The third kappa shape index (κ3) is 3.37. The van der Waals surface area contributed by atoms with Crippen molar-refractivity contribution >= 4 is 35.0 Å². The number of hydrazine groups is 1. The minimum absolute atomic E-state index is 0.0277. The average Bonchev–Trinajstić information content (AvgIpc) is 2.97. The van der Waals surface area contributed by atoms with Crippen LogP contribution in [0.25, 0.3) is 0 Å².